The van der Waals surface area contributed by atoms with Crippen molar-refractivity contribution in [3.8, 4) is 0 Å². The summed E-state index contributed by atoms with van der Waals surface area (Å²) in [6.45, 7) is 7.08. The van der Waals surface area contributed by atoms with Gasteiger partial charge in [-0.15, -0.1) is 35.3 Å². The van der Waals surface area contributed by atoms with Crippen LogP contribution in [0.3, 0.4) is 0 Å². The highest BCUT2D eigenvalue weighted by atomic mass is 127. The normalized spacial score (nSPS) is 12.5. The minimum absolute atomic E-state index is 0. The number of nitrogens with one attached hydrogen (secondary N) is 2. The van der Waals surface area contributed by atoms with Crippen LogP contribution in [0.2, 0.25) is 0 Å². The van der Waals surface area contributed by atoms with Gasteiger partial charge in [-0.1, -0.05) is 26.0 Å². The summed E-state index contributed by atoms with van der Waals surface area (Å²) in [4.78, 5) is 7.88. The van der Waals surface area contributed by atoms with Gasteiger partial charge in [-0.05, 0) is 24.6 Å². The van der Waals surface area contributed by atoms with E-state index in [-0.39, 0.29) is 46.8 Å². The quantitative estimate of drug-likeness (QED) is 0.241. The number of aromatic nitrogens is 1. The van der Waals surface area contributed by atoms with Crippen molar-refractivity contribution in [1.82, 2.24) is 15.6 Å². The summed E-state index contributed by atoms with van der Waals surface area (Å²) in [6, 6.07) is 6.29. The van der Waals surface area contributed by atoms with E-state index in [0.717, 1.165) is 22.3 Å². The average Bonchev–Trinajstić information content (AvgIpc) is 3.07. The Bertz CT molecular complexity index is 773. The minimum atomic E-state index is -4.44. The Morgan fingerprint density at radius 2 is 1.79 bits per heavy atom. The molecule has 10 heteroatoms. The van der Waals surface area contributed by atoms with Crippen LogP contribution in [0.1, 0.15) is 37.0 Å². The molecule has 1 heterocycles. The molecule has 0 aliphatic carbocycles. The minimum Gasteiger partial charge on any atom is -0.357 e. The fourth-order valence-corrected chi connectivity index (χ4v) is 3.03. The molecule has 0 radical (unpaired) electrons. The first-order valence-corrected chi connectivity index (χ1v) is 9.29. The molecule has 0 aliphatic heterocycles. The van der Waals surface area contributed by atoms with Crippen molar-refractivity contribution in [3.05, 3.63) is 51.7 Å². The van der Waals surface area contributed by atoms with Gasteiger partial charge < -0.3 is 10.6 Å². The zero-order valence-corrected chi connectivity index (χ0v) is 18.9. The number of halogens is 5. The van der Waals surface area contributed by atoms with E-state index in [1.807, 2.05) is 20.8 Å². The van der Waals surface area contributed by atoms with Crippen LogP contribution >= 0.6 is 35.3 Å². The van der Waals surface area contributed by atoms with Crippen LogP contribution in [0, 0.1) is 5.82 Å². The van der Waals surface area contributed by atoms with Crippen LogP contribution in [-0.4, -0.2) is 24.0 Å². The predicted octanol–water partition coefficient (Wildman–Crippen LogP) is 4.95. The molecule has 0 bridgehead atoms. The summed E-state index contributed by atoms with van der Waals surface area (Å²) >= 11 is 0.929. The van der Waals surface area contributed by atoms with Gasteiger partial charge in [-0.2, -0.15) is 13.2 Å². The SMILES string of the molecule is CCNC(=NCc1nc(C(F)(F)F)cs1)NCC(C)(C)c1ccc(F)cc1.I. The highest BCUT2D eigenvalue weighted by molar-refractivity contribution is 14.0. The second kappa shape index (κ2) is 10.4. The van der Waals surface area contributed by atoms with Crippen molar-refractivity contribution in [2.75, 3.05) is 13.1 Å². The molecule has 4 nitrogen and oxygen atoms in total. The summed E-state index contributed by atoms with van der Waals surface area (Å²) in [5.41, 5.74) is -0.232. The van der Waals surface area contributed by atoms with Crippen molar-refractivity contribution in [2.45, 2.75) is 38.9 Å². The summed E-state index contributed by atoms with van der Waals surface area (Å²) in [5.74, 6) is 0.190. The molecule has 1 aromatic heterocycles. The Morgan fingerprint density at radius 1 is 1.14 bits per heavy atom. The van der Waals surface area contributed by atoms with Gasteiger partial charge in [0.2, 0.25) is 0 Å². The molecule has 2 aromatic rings. The molecular weight excluding hydrogens is 507 g/mol. The first kappa shape index (κ1) is 24.6. The van der Waals surface area contributed by atoms with Gasteiger partial charge in [-0.25, -0.2) is 14.4 Å². The Morgan fingerprint density at radius 3 is 2.32 bits per heavy atom. The third-order valence-corrected chi connectivity index (χ3v) is 4.72. The number of alkyl halides is 3. The van der Waals surface area contributed by atoms with Crippen LogP contribution in [0.15, 0.2) is 34.6 Å². The molecule has 0 spiro atoms. The van der Waals surface area contributed by atoms with Crippen LogP contribution in [0.5, 0.6) is 0 Å². The monoisotopic (exact) mass is 530 g/mol. The van der Waals surface area contributed by atoms with Gasteiger partial charge in [-0.3, -0.25) is 0 Å². The molecule has 2 N–H and O–H groups in total. The molecule has 2 rings (SSSR count). The standard InChI is InChI=1S/C18H22F4N4S.HI/c1-4-23-16(24-9-15-26-14(10-27-15)18(20,21)22)25-11-17(2,3)12-5-7-13(19)8-6-12;/h5-8,10H,4,9,11H2,1-3H3,(H2,23,24,25);1H. The van der Waals surface area contributed by atoms with Crippen LogP contribution in [-0.2, 0) is 18.1 Å². The maximum Gasteiger partial charge on any atom is 0.434 e. The second-order valence-corrected chi connectivity index (χ2v) is 7.51. The van der Waals surface area contributed by atoms with E-state index in [0.29, 0.717) is 19.0 Å². The van der Waals surface area contributed by atoms with Gasteiger partial charge in [0.05, 0.1) is 6.54 Å². The van der Waals surface area contributed by atoms with E-state index in [9.17, 15) is 17.6 Å². The number of nitrogens with zero attached hydrogens (tertiary/aromatic N) is 2. The zero-order valence-electron chi connectivity index (χ0n) is 15.7. The molecule has 0 fully saturated rings. The number of hydrogen-bond donors (Lipinski definition) is 2. The molecule has 0 amide bonds. The third kappa shape index (κ3) is 7.19. The average molecular weight is 530 g/mol. The molecule has 156 valence electrons. The molecule has 28 heavy (non-hydrogen) atoms. The van der Waals surface area contributed by atoms with Gasteiger partial charge in [0.25, 0.3) is 0 Å². The molecule has 0 unspecified atom stereocenters. The van der Waals surface area contributed by atoms with E-state index < -0.39 is 11.9 Å². The number of aliphatic imine (C=N–C) groups is 1. The summed E-state index contributed by atoms with van der Waals surface area (Å²) in [7, 11) is 0. The lowest BCUT2D eigenvalue weighted by Crippen LogP contribution is -2.43. The van der Waals surface area contributed by atoms with Crippen LogP contribution in [0.4, 0.5) is 17.6 Å². The predicted molar refractivity (Wildman–Crippen MR) is 115 cm³/mol. The highest BCUT2D eigenvalue weighted by Gasteiger charge is 2.33. The Kier molecular flexibility index (Phi) is 9.12. The fraction of sp³-hybridized carbons (Fsp3) is 0.444. The molecule has 0 aliphatic rings. The maximum atomic E-state index is 13.1. The molecular formula is C18H23F4IN4S. The summed E-state index contributed by atoms with van der Waals surface area (Å²) < 4.78 is 51.0. The largest absolute Gasteiger partial charge is 0.434 e. The van der Waals surface area contributed by atoms with Gasteiger partial charge >= 0.3 is 6.18 Å². The Hall–Kier alpha value is -1.43. The smallest absolute Gasteiger partial charge is 0.357 e. The van der Waals surface area contributed by atoms with E-state index in [1.165, 1.54) is 12.1 Å². The number of thiazole rings is 1. The lowest BCUT2D eigenvalue weighted by Gasteiger charge is -2.26. The van der Waals surface area contributed by atoms with E-state index in [2.05, 4.69) is 20.6 Å². The fourth-order valence-electron chi connectivity index (χ4n) is 2.31. The van der Waals surface area contributed by atoms with Crippen molar-refractivity contribution < 1.29 is 17.6 Å². The van der Waals surface area contributed by atoms with Crippen LogP contribution in [0.25, 0.3) is 0 Å². The van der Waals surface area contributed by atoms with Crippen molar-refractivity contribution in [3.63, 3.8) is 0 Å². The summed E-state index contributed by atoms with van der Waals surface area (Å²) in [5, 5.41) is 7.52. The van der Waals surface area contributed by atoms with Crippen molar-refractivity contribution in [1.29, 1.82) is 0 Å². The first-order chi connectivity index (χ1) is 12.6. The molecule has 0 atom stereocenters. The third-order valence-electron chi connectivity index (χ3n) is 3.88. The topological polar surface area (TPSA) is 49.3 Å². The van der Waals surface area contributed by atoms with Crippen LogP contribution < -0.4 is 10.6 Å². The Balaban J connectivity index is 0.00000392. The lowest BCUT2D eigenvalue weighted by molar-refractivity contribution is -0.140. The van der Waals surface area contributed by atoms with Crippen molar-refractivity contribution in [2.24, 2.45) is 4.99 Å². The lowest BCUT2D eigenvalue weighted by atomic mass is 9.84. The van der Waals surface area contributed by atoms with Gasteiger partial charge in [0.15, 0.2) is 11.7 Å². The number of benzene rings is 1. The highest BCUT2D eigenvalue weighted by Crippen LogP contribution is 2.30. The summed E-state index contributed by atoms with van der Waals surface area (Å²) in [6.07, 6.45) is -4.44. The molecule has 1 aromatic carbocycles. The number of guanidine groups is 1. The van der Waals surface area contributed by atoms with Gasteiger partial charge in [0.1, 0.15) is 10.8 Å². The molecule has 0 saturated heterocycles. The van der Waals surface area contributed by atoms with E-state index in [1.54, 1.807) is 12.1 Å². The van der Waals surface area contributed by atoms with Gasteiger partial charge in [0, 0.05) is 23.9 Å². The number of hydrogen-bond acceptors (Lipinski definition) is 3. The van der Waals surface area contributed by atoms with E-state index in [4.69, 9.17) is 0 Å². The molecule has 0 saturated carbocycles. The maximum absolute atomic E-state index is 13.1. The second-order valence-electron chi connectivity index (χ2n) is 6.56. The first-order valence-electron chi connectivity index (χ1n) is 8.41. The number of rotatable bonds is 6. The Labute approximate surface area is 182 Å². The zero-order chi connectivity index (χ0) is 20.1. The van der Waals surface area contributed by atoms with E-state index >= 15 is 0 Å². The van der Waals surface area contributed by atoms with Crippen molar-refractivity contribution >= 4 is 41.3 Å².